The Morgan fingerprint density at radius 2 is 2.00 bits per heavy atom. The summed E-state index contributed by atoms with van der Waals surface area (Å²) in [5, 5.41) is 14.1. The molecule has 0 aliphatic heterocycles. The molecule has 2 aromatic rings. The first-order valence-corrected chi connectivity index (χ1v) is 11.2. The molecule has 0 radical (unpaired) electrons. The minimum Gasteiger partial charge on any atom is -0.755 e. The first kappa shape index (κ1) is 25.7. The third-order valence-corrected chi connectivity index (χ3v) is 5.34. The van der Waals surface area contributed by atoms with E-state index in [1.54, 1.807) is 20.8 Å². The van der Waals surface area contributed by atoms with E-state index in [4.69, 9.17) is 4.74 Å². The molecule has 32 heavy (non-hydrogen) atoms. The van der Waals surface area contributed by atoms with E-state index in [0.29, 0.717) is 4.47 Å². The Balaban J connectivity index is 2.52. The molecular weight excluding hydrogens is 509 g/mol. The minimum atomic E-state index is -2.95. The molecule has 1 amide bonds. The lowest BCUT2D eigenvalue weighted by Crippen LogP contribution is -2.41. The van der Waals surface area contributed by atoms with Gasteiger partial charge < -0.3 is 14.6 Å². The molecule has 0 spiro atoms. The minimum absolute atomic E-state index is 0.185. The third kappa shape index (κ3) is 6.97. The average molecular weight is 531 g/mol. The summed E-state index contributed by atoms with van der Waals surface area (Å²) < 4.78 is 44.5. The summed E-state index contributed by atoms with van der Waals surface area (Å²) >= 11 is 0.221. The SMILES string of the molecule is Cc1cccc(N(C[C@@H](NC(=O)OC(C)(C)C)c2cc(F)cc(Br)c2)S(=O)[O-])c1[N+](=O)[O-]. The van der Waals surface area contributed by atoms with Gasteiger partial charge in [0.2, 0.25) is 0 Å². The largest absolute Gasteiger partial charge is 0.755 e. The number of hydrogen-bond donors (Lipinski definition) is 1. The Morgan fingerprint density at radius 3 is 2.53 bits per heavy atom. The molecule has 9 nitrogen and oxygen atoms in total. The Kier molecular flexibility index (Phi) is 8.32. The van der Waals surface area contributed by atoms with E-state index in [0.717, 1.165) is 10.4 Å². The predicted octanol–water partition coefficient (Wildman–Crippen LogP) is 4.67. The predicted molar refractivity (Wildman–Crippen MR) is 120 cm³/mol. The van der Waals surface area contributed by atoms with Gasteiger partial charge in [-0.2, -0.15) is 0 Å². The van der Waals surface area contributed by atoms with Crippen LogP contribution in [0.5, 0.6) is 0 Å². The Morgan fingerprint density at radius 1 is 1.34 bits per heavy atom. The third-order valence-electron chi connectivity index (χ3n) is 4.17. The molecule has 0 aromatic heterocycles. The number of carbonyl (C=O) groups is 1. The lowest BCUT2D eigenvalue weighted by atomic mass is 10.1. The van der Waals surface area contributed by atoms with Crippen molar-refractivity contribution in [3.05, 3.63) is 67.9 Å². The number of nitrogens with zero attached hydrogens (tertiary/aromatic N) is 2. The number of alkyl carbamates (subject to hydrolysis) is 1. The molecule has 0 aliphatic carbocycles. The van der Waals surface area contributed by atoms with Gasteiger partial charge in [-0.1, -0.05) is 28.1 Å². The molecule has 12 heteroatoms. The second-order valence-electron chi connectivity index (χ2n) is 7.88. The number of amides is 1. The molecule has 1 unspecified atom stereocenters. The topological polar surface area (TPSA) is 125 Å². The number of carbonyl (C=O) groups excluding carboxylic acids is 1. The summed E-state index contributed by atoms with van der Waals surface area (Å²) in [5.41, 5.74) is -0.933. The molecule has 2 aromatic carbocycles. The van der Waals surface area contributed by atoms with Crippen molar-refractivity contribution in [2.75, 3.05) is 10.8 Å². The fourth-order valence-electron chi connectivity index (χ4n) is 2.95. The first-order chi connectivity index (χ1) is 14.8. The van der Waals surface area contributed by atoms with E-state index in [1.807, 2.05) is 0 Å². The van der Waals surface area contributed by atoms with Crippen LogP contribution in [0.15, 0.2) is 40.9 Å². The number of nitro benzene ring substituents is 1. The summed E-state index contributed by atoms with van der Waals surface area (Å²) in [4.78, 5) is 23.3. The molecule has 0 saturated heterocycles. The second kappa shape index (κ2) is 10.4. The van der Waals surface area contributed by atoms with Crippen molar-refractivity contribution in [1.82, 2.24) is 5.32 Å². The van der Waals surface area contributed by atoms with Gasteiger partial charge in [0.1, 0.15) is 17.1 Å². The summed E-state index contributed by atoms with van der Waals surface area (Å²) in [6.07, 6.45) is -0.863. The molecule has 2 rings (SSSR count). The monoisotopic (exact) mass is 530 g/mol. The number of para-hydroxylation sites is 1. The van der Waals surface area contributed by atoms with Crippen LogP contribution < -0.4 is 9.62 Å². The van der Waals surface area contributed by atoms with Crippen LogP contribution in [0.25, 0.3) is 0 Å². The van der Waals surface area contributed by atoms with Crippen molar-refractivity contribution in [2.24, 2.45) is 0 Å². The maximum absolute atomic E-state index is 14.0. The van der Waals surface area contributed by atoms with Crippen molar-refractivity contribution < 1.29 is 27.6 Å². The fraction of sp³-hybridized carbons (Fsp3) is 0.350. The molecule has 2 atom stereocenters. The van der Waals surface area contributed by atoms with E-state index in [9.17, 15) is 28.1 Å². The van der Waals surface area contributed by atoms with Gasteiger partial charge in [0, 0.05) is 21.3 Å². The number of aryl methyl sites for hydroxylation is 1. The summed E-state index contributed by atoms with van der Waals surface area (Å²) in [7, 11) is 0. The number of rotatable bonds is 7. The van der Waals surface area contributed by atoms with Gasteiger partial charge in [-0.05, 0) is 57.5 Å². The van der Waals surface area contributed by atoms with Crippen molar-refractivity contribution in [1.29, 1.82) is 0 Å². The lowest BCUT2D eigenvalue weighted by molar-refractivity contribution is -0.384. The zero-order chi connectivity index (χ0) is 24.2. The molecule has 0 aliphatic rings. The molecule has 0 bridgehead atoms. The van der Waals surface area contributed by atoms with Crippen LogP contribution in [0.4, 0.5) is 20.6 Å². The number of halogens is 2. The summed E-state index contributed by atoms with van der Waals surface area (Å²) in [5.74, 6) is -0.623. The first-order valence-electron chi connectivity index (χ1n) is 9.35. The number of nitro groups is 1. The zero-order valence-electron chi connectivity index (χ0n) is 17.8. The molecule has 0 saturated carbocycles. The van der Waals surface area contributed by atoms with Crippen LogP contribution >= 0.6 is 15.9 Å². The lowest BCUT2D eigenvalue weighted by Gasteiger charge is -2.31. The highest BCUT2D eigenvalue weighted by Gasteiger charge is 2.28. The fourth-order valence-corrected chi connectivity index (χ4v) is 4.01. The normalized spacial score (nSPS) is 13.2. The van der Waals surface area contributed by atoms with Crippen molar-refractivity contribution in [3.8, 4) is 0 Å². The van der Waals surface area contributed by atoms with Crippen LogP contribution in [-0.2, 0) is 16.0 Å². The number of hydrogen-bond acceptors (Lipinski definition) is 6. The maximum Gasteiger partial charge on any atom is 0.408 e. The Labute approximate surface area is 195 Å². The number of ether oxygens (including phenoxy) is 1. The highest BCUT2D eigenvalue weighted by molar-refractivity contribution is 9.10. The highest BCUT2D eigenvalue weighted by Crippen LogP contribution is 2.33. The Hall–Kier alpha value is -2.57. The van der Waals surface area contributed by atoms with E-state index < -0.39 is 52.0 Å². The van der Waals surface area contributed by atoms with Gasteiger partial charge in [0.05, 0.1) is 17.5 Å². The van der Waals surface area contributed by atoms with Gasteiger partial charge in [0.25, 0.3) is 5.69 Å². The number of benzene rings is 2. The van der Waals surface area contributed by atoms with Crippen LogP contribution in [0, 0.1) is 22.9 Å². The smallest absolute Gasteiger partial charge is 0.408 e. The van der Waals surface area contributed by atoms with Crippen LogP contribution in [-0.4, -0.2) is 31.9 Å². The molecule has 174 valence electrons. The van der Waals surface area contributed by atoms with Crippen molar-refractivity contribution >= 4 is 44.7 Å². The van der Waals surface area contributed by atoms with Gasteiger partial charge in [0.15, 0.2) is 0 Å². The number of anilines is 1. The molecule has 1 N–H and O–H groups in total. The van der Waals surface area contributed by atoms with Gasteiger partial charge >= 0.3 is 6.09 Å². The van der Waals surface area contributed by atoms with E-state index in [1.165, 1.54) is 37.3 Å². The highest BCUT2D eigenvalue weighted by atomic mass is 79.9. The van der Waals surface area contributed by atoms with Crippen LogP contribution in [0.2, 0.25) is 0 Å². The second-order valence-corrected chi connectivity index (χ2v) is 9.67. The van der Waals surface area contributed by atoms with E-state index in [2.05, 4.69) is 21.2 Å². The van der Waals surface area contributed by atoms with Crippen LogP contribution in [0.3, 0.4) is 0 Å². The van der Waals surface area contributed by atoms with Gasteiger partial charge in [-0.15, -0.1) is 0 Å². The van der Waals surface area contributed by atoms with Crippen molar-refractivity contribution in [3.63, 3.8) is 0 Å². The average Bonchev–Trinajstić information content (AvgIpc) is 2.61. The standard InChI is InChI=1S/C20H23BrFN3O6S/c1-12-6-5-7-17(18(12)25(27)28)24(32(29)30)11-16(23-19(26)31-20(2,3)4)13-8-14(21)10-15(22)9-13/h5-10,16H,11H2,1-4H3,(H,23,26)(H,29,30)/p-1/t16-/m1/s1. The van der Waals surface area contributed by atoms with E-state index in [-0.39, 0.29) is 16.8 Å². The maximum atomic E-state index is 14.0. The summed E-state index contributed by atoms with van der Waals surface area (Å²) in [6.45, 7) is 5.98. The zero-order valence-corrected chi connectivity index (χ0v) is 20.2. The molecular formula is C20H22BrFN3O6S-. The van der Waals surface area contributed by atoms with E-state index >= 15 is 0 Å². The van der Waals surface area contributed by atoms with Crippen LogP contribution in [0.1, 0.15) is 37.9 Å². The quantitative estimate of drug-likeness (QED) is 0.315. The molecule has 0 heterocycles. The number of nitrogens with one attached hydrogen (secondary N) is 1. The van der Waals surface area contributed by atoms with Crippen molar-refractivity contribution in [2.45, 2.75) is 39.3 Å². The summed E-state index contributed by atoms with van der Waals surface area (Å²) in [6, 6.07) is 6.98. The van der Waals surface area contributed by atoms with Gasteiger partial charge in [-0.25, -0.2) is 9.18 Å². The Bertz CT molecular complexity index is 1030. The van der Waals surface area contributed by atoms with Gasteiger partial charge in [-0.3, -0.25) is 18.6 Å². The molecule has 0 fully saturated rings.